The number of nitrogens with zero attached hydrogens (tertiary/aromatic N) is 2. The molecule has 6 heteroatoms. The highest BCUT2D eigenvalue weighted by molar-refractivity contribution is 7.80. The molecule has 0 radical (unpaired) electrons. The van der Waals surface area contributed by atoms with Crippen molar-refractivity contribution in [3.05, 3.63) is 90.4 Å². The first-order chi connectivity index (χ1) is 15.2. The zero-order valence-corrected chi connectivity index (χ0v) is 17.6. The lowest BCUT2D eigenvalue weighted by atomic mass is 10.1. The van der Waals surface area contributed by atoms with E-state index in [4.69, 9.17) is 31.0 Å². The monoisotopic (exact) mass is 425 g/mol. The van der Waals surface area contributed by atoms with Gasteiger partial charge in [0.15, 0.2) is 11.5 Å². The standard InChI is InChI=1S/C25H19N3O2S/c1-16-6-9-18(10-7-16)26-23(31)15-17-8-11-19-20(14-17)28-25(22-5-3-13-30-22)24(27-19)21-4-2-12-29-21/h2-14H,15H2,1H3,(H,26,31). The lowest BCUT2D eigenvalue weighted by molar-refractivity contribution is 0.572. The second-order valence-corrected chi connectivity index (χ2v) is 7.78. The molecule has 3 aromatic heterocycles. The minimum Gasteiger partial charge on any atom is -0.463 e. The molecule has 0 bridgehead atoms. The maximum absolute atomic E-state index is 5.60. The first kappa shape index (κ1) is 19.2. The van der Waals surface area contributed by atoms with E-state index in [1.807, 2.05) is 54.6 Å². The third kappa shape index (κ3) is 4.11. The summed E-state index contributed by atoms with van der Waals surface area (Å²) in [7, 11) is 0. The average Bonchev–Trinajstić information content (AvgIpc) is 3.49. The molecule has 5 aromatic rings. The van der Waals surface area contributed by atoms with Crippen molar-refractivity contribution in [2.75, 3.05) is 5.32 Å². The number of rotatable bonds is 5. The van der Waals surface area contributed by atoms with Crippen molar-refractivity contribution in [2.24, 2.45) is 0 Å². The molecule has 5 nitrogen and oxygen atoms in total. The average molecular weight is 426 g/mol. The van der Waals surface area contributed by atoms with Gasteiger partial charge in [-0.1, -0.05) is 36.0 Å². The van der Waals surface area contributed by atoms with Crippen LogP contribution >= 0.6 is 12.2 Å². The minimum absolute atomic E-state index is 0.608. The van der Waals surface area contributed by atoms with Gasteiger partial charge >= 0.3 is 0 Å². The molecule has 31 heavy (non-hydrogen) atoms. The number of nitrogens with one attached hydrogen (secondary N) is 1. The van der Waals surface area contributed by atoms with Gasteiger partial charge in [0, 0.05) is 12.1 Å². The van der Waals surface area contributed by atoms with Crippen molar-refractivity contribution in [3.8, 4) is 22.9 Å². The molecule has 1 N–H and O–H groups in total. The molecule has 0 aliphatic heterocycles. The van der Waals surface area contributed by atoms with E-state index in [1.54, 1.807) is 12.5 Å². The van der Waals surface area contributed by atoms with E-state index in [9.17, 15) is 0 Å². The summed E-state index contributed by atoms with van der Waals surface area (Å²) in [4.78, 5) is 10.4. The second kappa shape index (κ2) is 8.16. The third-order valence-electron chi connectivity index (χ3n) is 4.94. The highest BCUT2D eigenvalue weighted by Crippen LogP contribution is 2.31. The minimum atomic E-state index is 0.608. The summed E-state index contributed by atoms with van der Waals surface area (Å²) in [5.74, 6) is 1.29. The number of furan rings is 2. The van der Waals surface area contributed by atoms with Crippen LogP contribution in [0.15, 0.2) is 88.1 Å². The first-order valence-corrected chi connectivity index (χ1v) is 10.3. The van der Waals surface area contributed by atoms with Gasteiger partial charge in [-0.25, -0.2) is 9.97 Å². The fourth-order valence-electron chi connectivity index (χ4n) is 3.41. The van der Waals surface area contributed by atoms with Crippen LogP contribution in [0.1, 0.15) is 11.1 Å². The molecular weight excluding hydrogens is 406 g/mol. The normalized spacial score (nSPS) is 11.0. The molecule has 0 aliphatic rings. The fourth-order valence-corrected chi connectivity index (χ4v) is 3.69. The van der Waals surface area contributed by atoms with Gasteiger partial charge in [0.1, 0.15) is 11.4 Å². The smallest absolute Gasteiger partial charge is 0.154 e. The van der Waals surface area contributed by atoms with E-state index in [-0.39, 0.29) is 0 Å². The van der Waals surface area contributed by atoms with Gasteiger partial charge in [0.05, 0.1) is 28.5 Å². The van der Waals surface area contributed by atoms with Gasteiger partial charge < -0.3 is 14.2 Å². The molecule has 152 valence electrons. The highest BCUT2D eigenvalue weighted by atomic mass is 32.1. The Morgan fingerprint density at radius 2 is 1.48 bits per heavy atom. The van der Waals surface area contributed by atoms with Crippen LogP contribution in [0.2, 0.25) is 0 Å². The Labute approximate surface area is 184 Å². The Kier molecular flexibility index (Phi) is 5.06. The Hall–Kier alpha value is -3.77. The molecule has 5 rings (SSSR count). The highest BCUT2D eigenvalue weighted by Gasteiger charge is 2.17. The zero-order valence-electron chi connectivity index (χ0n) is 16.8. The Morgan fingerprint density at radius 3 is 2.10 bits per heavy atom. The first-order valence-electron chi connectivity index (χ1n) is 9.91. The summed E-state index contributed by atoms with van der Waals surface area (Å²) in [6.07, 6.45) is 3.85. The summed E-state index contributed by atoms with van der Waals surface area (Å²) in [6, 6.07) is 21.6. The van der Waals surface area contributed by atoms with Gasteiger partial charge in [-0.05, 0) is 61.0 Å². The lowest BCUT2D eigenvalue weighted by Crippen LogP contribution is -2.12. The Morgan fingerprint density at radius 1 is 0.839 bits per heavy atom. The van der Waals surface area contributed by atoms with Gasteiger partial charge in [0.2, 0.25) is 0 Å². The summed E-state index contributed by atoms with van der Waals surface area (Å²) in [5.41, 5.74) is 6.11. The molecule has 0 unspecified atom stereocenters. The van der Waals surface area contributed by atoms with E-state index < -0.39 is 0 Å². The van der Waals surface area contributed by atoms with Crippen molar-refractivity contribution in [1.82, 2.24) is 9.97 Å². The van der Waals surface area contributed by atoms with Gasteiger partial charge in [-0.2, -0.15) is 0 Å². The number of aromatic nitrogens is 2. The molecule has 2 aromatic carbocycles. The second-order valence-electron chi connectivity index (χ2n) is 7.29. The van der Waals surface area contributed by atoms with Crippen LogP contribution in [0.5, 0.6) is 0 Å². The predicted octanol–water partition coefficient (Wildman–Crippen LogP) is 6.44. The van der Waals surface area contributed by atoms with E-state index in [1.165, 1.54) is 5.56 Å². The van der Waals surface area contributed by atoms with Crippen molar-refractivity contribution in [2.45, 2.75) is 13.3 Å². The molecule has 0 spiro atoms. The summed E-state index contributed by atoms with van der Waals surface area (Å²) in [6.45, 7) is 2.06. The Balaban J connectivity index is 1.47. The molecule has 3 heterocycles. The molecule has 0 aliphatic carbocycles. The van der Waals surface area contributed by atoms with Gasteiger partial charge in [-0.15, -0.1) is 0 Å². The van der Waals surface area contributed by atoms with Gasteiger partial charge in [0.25, 0.3) is 0 Å². The van der Waals surface area contributed by atoms with Crippen LogP contribution in [-0.4, -0.2) is 15.0 Å². The van der Waals surface area contributed by atoms with Crippen LogP contribution in [0.25, 0.3) is 33.9 Å². The molecule has 0 saturated carbocycles. The number of anilines is 1. The summed E-state index contributed by atoms with van der Waals surface area (Å²) >= 11 is 5.56. The largest absolute Gasteiger partial charge is 0.463 e. The van der Waals surface area contributed by atoms with Crippen molar-refractivity contribution < 1.29 is 8.83 Å². The number of hydrogen-bond acceptors (Lipinski definition) is 5. The maximum atomic E-state index is 5.60. The fraction of sp³-hybridized carbons (Fsp3) is 0.0800. The topological polar surface area (TPSA) is 64.1 Å². The lowest BCUT2D eigenvalue weighted by Gasteiger charge is -2.10. The Bertz CT molecular complexity index is 1340. The third-order valence-corrected chi connectivity index (χ3v) is 5.18. The number of aryl methyl sites for hydroxylation is 1. The van der Waals surface area contributed by atoms with E-state index in [0.29, 0.717) is 29.3 Å². The number of hydrogen-bond donors (Lipinski definition) is 1. The zero-order chi connectivity index (χ0) is 21.2. The SMILES string of the molecule is Cc1ccc(NC(=S)Cc2ccc3nc(-c4ccco4)c(-c4ccco4)nc3c2)cc1. The van der Waals surface area contributed by atoms with Crippen molar-refractivity contribution in [3.63, 3.8) is 0 Å². The van der Waals surface area contributed by atoms with E-state index in [2.05, 4.69) is 24.4 Å². The summed E-state index contributed by atoms with van der Waals surface area (Å²) in [5, 5.41) is 3.30. The van der Waals surface area contributed by atoms with Crippen LogP contribution in [0, 0.1) is 6.92 Å². The molecule has 0 fully saturated rings. The van der Waals surface area contributed by atoms with Crippen LogP contribution in [-0.2, 0) is 6.42 Å². The van der Waals surface area contributed by atoms with Crippen molar-refractivity contribution >= 4 is 33.9 Å². The van der Waals surface area contributed by atoms with Crippen LogP contribution in [0.3, 0.4) is 0 Å². The number of fused-ring (bicyclic) bond motifs is 1. The molecule has 0 amide bonds. The van der Waals surface area contributed by atoms with Crippen molar-refractivity contribution in [1.29, 1.82) is 0 Å². The quantitative estimate of drug-likeness (QED) is 0.327. The number of benzene rings is 2. The summed E-state index contributed by atoms with van der Waals surface area (Å²) < 4.78 is 11.2. The molecule has 0 saturated heterocycles. The molecular formula is C25H19N3O2S. The van der Waals surface area contributed by atoms with Crippen LogP contribution in [0.4, 0.5) is 5.69 Å². The number of thiocarbonyl (C=S) groups is 1. The van der Waals surface area contributed by atoms with E-state index in [0.717, 1.165) is 27.3 Å². The van der Waals surface area contributed by atoms with Gasteiger partial charge in [-0.3, -0.25) is 0 Å². The van der Waals surface area contributed by atoms with E-state index >= 15 is 0 Å². The van der Waals surface area contributed by atoms with Crippen LogP contribution < -0.4 is 5.32 Å². The predicted molar refractivity (Wildman–Crippen MR) is 126 cm³/mol. The molecule has 0 atom stereocenters. The maximum Gasteiger partial charge on any atom is 0.154 e.